The number of nitrogens with zero attached hydrogens (tertiary/aromatic N) is 3. The van der Waals surface area contributed by atoms with Crippen molar-refractivity contribution in [3.05, 3.63) is 57.4 Å². The molecule has 0 bridgehead atoms. The fraction of sp³-hybridized carbons (Fsp3) is 0.182. The number of benzene rings is 1. The van der Waals surface area contributed by atoms with Crippen molar-refractivity contribution in [2.45, 2.75) is 12.6 Å². The third-order valence-corrected chi connectivity index (χ3v) is 2.95. The van der Waals surface area contributed by atoms with Crippen LogP contribution < -0.4 is 0 Å². The summed E-state index contributed by atoms with van der Waals surface area (Å²) in [4.78, 5) is 14.8. The minimum atomic E-state index is -0.547. The minimum absolute atomic E-state index is 0.408. The van der Waals surface area contributed by atoms with E-state index in [-0.39, 0.29) is 0 Å². The Kier molecular flexibility index (Phi) is 3.76. The van der Waals surface area contributed by atoms with Crippen LogP contribution in [-0.4, -0.2) is 9.55 Å². The van der Waals surface area contributed by atoms with Gasteiger partial charge in [0.2, 0.25) is 0 Å². The average molecular weight is 270 g/mol. The molecule has 0 aliphatic carbocycles. The first-order valence-corrected chi connectivity index (χ1v) is 5.69. The first kappa shape index (κ1) is 12.1. The van der Waals surface area contributed by atoms with Crippen molar-refractivity contribution in [1.29, 1.82) is 0 Å². The molecule has 1 aromatic carbocycles. The third kappa shape index (κ3) is 2.84. The molecule has 1 aromatic heterocycles. The Morgan fingerprint density at radius 1 is 1.41 bits per heavy atom. The van der Waals surface area contributed by atoms with E-state index in [1.165, 1.54) is 0 Å². The van der Waals surface area contributed by atoms with E-state index in [4.69, 9.17) is 23.2 Å². The zero-order valence-corrected chi connectivity index (χ0v) is 10.3. The van der Waals surface area contributed by atoms with Crippen LogP contribution in [0.1, 0.15) is 11.6 Å². The standard InChI is InChI=1S/C11H9Cl2N3O/c12-8-1-2-9(10(13)5-8)11(15-17)6-16-4-3-14-7-16/h1-5,7,11H,6H2. The van der Waals surface area contributed by atoms with Crippen LogP contribution in [0.15, 0.2) is 42.1 Å². The van der Waals surface area contributed by atoms with Crippen LogP contribution in [0.25, 0.3) is 0 Å². The Morgan fingerprint density at radius 2 is 2.24 bits per heavy atom. The molecule has 2 aromatic rings. The van der Waals surface area contributed by atoms with Crippen LogP contribution in [0.4, 0.5) is 0 Å². The van der Waals surface area contributed by atoms with Crippen molar-refractivity contribution in [2.24, 2.45) is 5.18 Å². The molecule has 0 radical (unpaired) electrons. The average Bonchev–Trinajstić information content (AvgIpc) is 2.79. The molecule has 1 heterocycles. The molecular formula is C11H9Cl2N3O. The van der Waals surface area contributed by atoms with Crippen molar-refractivity contribution in [3.8, 4) is 0 Å². The quantitative estimate of drug-likeness (QED) is 0.795. The minimum Gasteiger partial charge on any atom is -0.335 e. The van der Waals surface area contributed by atoms with Crippen molar-refractivity contribution < 1.29 is 0 Å². The van der Waals surface area contributed by atoms with E-state index in [1.54, 1.807) is 41.5 Å². The van der Waals surface area contributed by atoms with Gasteiger partial charge < -0.3 is 4.57 Å². The molecular weight excluding hydrogens is 261 g/mol. The maximum atomic E-state index is 10.9. The van der Waals surface area contributed by atoms with E-state index in [0.717, 1.165) is 0 Å². The third-order valence-electron chi connectivity index (χ3n) is 2.39. The molecule has 4 nitrogen and oxygen atoms in total. The Balaban J connectivity index is 2.26. The van der Waals surface area contributed by atoms with Crippen molar-refractivity contribution in [2.75, 3.05) is 0 Å². The molecule has 2 rings (SSSR count). The van der Waals surface area contributed by atoms with Crippen LogP contribution in [0.5, 0.6) is 0 Å². The molecule has 1 atom stereocenters. The lowest BCUT2D eigenvalue weighted by atomic mass is 10.1. The summed E-state index contributed by atoms with van der Waals surface area (Å²) in [5, 5.41) is 4.08. The molecule has 0 aliphatic rings. The fourth-order valence-corrected chi connectivity index (χ4v) is 2.09. The van der Waals surface area contributed by atoms with E-state index in [2.05, 4.69) is 10.2 Å². The molecule has 0 saturated carbocycles. The van der Waals surface area contributed by atoms with E-state index < -0.39 is 6.04 Å². The summed E-state index contributed by atoms with van der Waals surface area (Å²) in [6, 6.07) is 4.46. The van der Waals surface area contributed by atoms with E-state index in [0.29, 0.717) is 22.2 Å². The van der Waals surface area contributed by atoms with E-state index in [1.807, 2.05) is 0 Å². The van der Waals surface area contributed by atoms with Gasteiger partial charge in [-0.25, -0.2) is 4.98 Å². The van der Waals surface area contributed by atoms with Gasteiger partial charge in [-0.2, -0.15) is 4.91 Å². The first-order valence-electron chi connectivity index (χ1n) is 4.94. The van der Waals surface area contributed by atoms with Crippen LogP contribution in [0.3, 0.4) is 0 Å². The van der Waals surface area contributed by atoms with Crippen LogP contribution in [0, 0.1) is 4.91 Å². The molecule has 1 unspecified atom stereocenters. The highest BCUT2D eigenvalue weighted by molar-refractivity contribution is 6.35. The fourth-order valence-electron chi connectivity index (χ4n) is 1.55. The van der Waals surface area contributed by atoms with Gasteiger partial charge in [-0.05, 0) is 12.1 Å². The first-order chi connectivity index (χ1) is 8.20. The zero-order chi connectivity index (χ0) is 12.3. The Hall–Kier alpha value is -1.39. The second-order valence-electron chi connectivity index (χ2n) is 3.55. The highest BCUT2D eigenvalue weighted by Gasteiger charge is 2.16. The van der Waals surface area contributed by atoms with Gasteiger partial charge in [0, 0.05) is 28.0 Å². The van der Waals surface area contributed by atoms with Crippen LogP contribution in [-0.2, 0) is 6.54 Å². The van der Waals surface area contributed by atoms with Crippen LogP contribution >= 0.6 is 23.2 Å². The summed E-state index contributed by atoms with van der Waals surface area (Å²) in [5.41, 5.74) is 0.666. The van der Waals surface area contributed by atoms with Gasteiger partial charge in [0.05, 0.1) is 12.9 Å². The normalized spacial score (nSPS) is 12.4. The number of aromatic nitrogens is 2. The number of hydrogen-bond donors (Lipinski definition) is 0. The summed E-state index contributed by atoms with van der Waals surface area (Å²) in [5.74, 6) is 0. The lowest BCUT2D eigenvalue weighted by Crippen LogP contribution is -2.05. The van der Waals surface area contributed by atoms with Crippen molar-refractivity contribution in [1.82, 2.24) is 9.55 Å². The smallest absolute Gasteiger partial charge is 0.136 e. The maximum Gasteiger partial charge on any atom is 0.136 e. The lowest BCUT2D eigenvalue weighted by Gasteiger charge is -2.12. The highest BCUT2D eigenvalue weighted by Crippen LogP contribution is 2.29. The maximum absolute atomic E-state index is 10.9. The molecule has 0 N–H and O–H groups in total. The second-order valence-corrected chi connectivity index (χ2v) is 4.39. The molecule has 6 heteroatoms. The number of imidazole rings is 1. The molecule has 0 saturated heterocycles. The summed E-state index contributed by atoms with van der Waals surface area (Å²) < 4.78 is 1.77. The topological polar surface area (TPSA) is 47.2 Å². The van der Waals surface area contributed by atoms with Crippen LogP contribution in [0.2, 0.25) is 10.0 Å². The number of rotatable bonds is 4. The summed E-state index contributed by atoms with van der Waals surface area (Å²) >= 11 is 11.8. The van der Waals surface area contributed by atoms with E-state index in [9.17, 15) is 4.91 Å². The summed E-state index contributed by atoms with van der Waals surface area (Å²) in [6.45, 7) is 0.408. The summed E-state index contributed by atoms with van der Waals surface area (Å²) in [6.07, 6.45) is 5.04. The number of halogens is 2. The number of hydrogen-bond acceptors (Lipinski definition) is 3. The van der Waals surface area contributed by atoms with Crippen molar-refractivity contribution >= 4 is 23.2 Å². The molecule has 0 spiro atoms. The largest absolute Gasteiger partial charge is 0.335 e. The van der Waals surface area contributed by atoms with Gasteiger partial charge in [0.15, 0.2) is 0 Å². The Morgan fingerprint density at radius 3 is 2.82 bits per heavy atom. The monoisotopic (exact) mass is 269 g/mol. The SMILES string of the molecule is O=NC(Cn1ccnc1)c1ccc(Cl)cc1Cl. The molecule has 0 fully saturated rings. The van der Waals surface area contributed by atoms with Gasteiger partial charge in [-0.3, -0.25) is 0 Å². The van der Waals surface area contributed by atoms with Gasteiger partial charge in [-0.1, -0.05) is 34.4 Å². The number of nitroso groups, excluding NO2 is 1. The predicted octanol–water partition coefficient (Wildman–Crippen LogP) is 3.70. The molecule has 88 valence electrons. The molecule has 17 heavy (non-hydrogen) atoms. The molecule has 0 amide bonds. The second kappa shape index (κ2) is 5.29. The predicted molar refractivity (Wildman–Crippen MR) is 67.2 cm³/mol. The van der Waals surface area contributed by atoms with Gasteiger partial charge in [0.1, 0.15) is 6.04 Å². The van der Waals surface area contributed by atoms with Gasteiger partial charge in [-0.15, -0.1) is 0 Å². The van der Waals surface area contributed by atoms with Crippen molar-refractivity contribution in [3.63, 3.8) is 0 Å². The van der Waals surface area contributed by atoms with Gasteiger partial charge >= 0.3 is 0 Å². The highest BCUT2D eigenvalue weighted by atomic mass is 35.5. The van der Waals surface area contributed by atoms with E-state index >= 15 is 0 Å². The summed E-state index contributed by atoms with van der Waals surface area (Å²) in [7, 11) is 0. The lowest BCUT2D eigenvalue weighted by molar-refractivity contribution is 0.575. The Labute approximate surface area is 108 Å². The zero-order valence-electron chi connectivity index (χ0n) is 8.75. The van der Waals surface area contributed by atoms with Gasteiger partial charge in [0.25, 0.3) is 0 Å². The Bertz CT molecular complexity index is 513. The molecule has 0 aliphatic heterocycles.